The van der Waals surface area contributed by atoms with Crippen molar-refractivity contribution in [1.29, 1.82) is 0 Å². The fourth-order valence-electron chi connectivity index (χ4n) is 3.38. The minimum absolute atomic E-state index is 0.0595. The first-order valence-electron chi connectivity index (χ1n) is 9.71. The normalized spacial score (nSPS) is 14.7. The second-order valence-corrected chi connectivity index (χ2v) is 7.35. The summed E-state index contributed by atoms with van der Waals surface area (Å²) >= 11 is 5.85. The molecule has 0 saturated carbocycles. The molecule has 3 rings (SSSR count). The van der Waals surface area contributed by atoms with Gasteiger partial charge in [0.05, 0.1) is 11.4 Å². The van der Waals surface area contributed by atoms with Gasteiger partial charge in [-0.2, -0.15) is 0 Å². The number of anilines is 2. The molecule has 5 nitrogen and oxygen atoms in total. The van der Waals surface area contributed by atoms with Gasteiger partial charge in [0.25, 0.3) is 0 Å². The number of carbonyl (C=O) groups is 2. The Morgan fingerprint density at radius 3 is 2.32 bits per heavy atom. The molecule has 1 aliphatic rings. The van der Waals surface area contributed by atoms with Crippen molar-refractivity contribution in [3.05, 3.63) is 59.1 Å². The first-order chi connectivity index (χ1) is 13.6. The van der Waals surface area contributed by atoms with Crippen LogP contribution >= 0.6 is 11.6 Å². The molecule has 1 saturated heterocycles. The van der Waals surface area contributed by atoms with Crippen LogP contribution < -0.4 is 10.2 Å². The molecule has 148 valence electrons. The van der Waals surface area contributed by atoms with Gasteiger partial charge in [-0.05, 0) is 42.9 Å². The molecule has 1 N–H and O–H groups in total. The predicted octanol–water partition coefficient (Wildman–Crippen LogP) is 4.08. The van der Waals surface area contributed by atoms with Crippen LogP contribution in [0.15, 0.2) is 48.5 Å². The summed E-state index contributed by atoms with van der Waals surface area (Å²) in [6, 6.07) is 14.6. The number of nitrogens with one attached hydrogen (secondary N) is 1. The highest BCUT2D eigenvalue weighted by Gasteiger charge is 2.19. The zero-order chi connectivity index (χ0) is 19.9. The molecule has 0 spiro atoms. The number of nitrogens with zero attached hydrogens (tertiary/aromatic N) is 2. The molecule has 0 aliphatic carbocycles. The summed E-state index contributed by atoms with van der Waals surface area (Å²) in [6.07, 6.45) is 0.324. The van der Waals surface area contributed by atoms with Crippen molar-refractivity contribution in [2.24, 2.45) is 0 Å². The Hall–Kier alpha value is -2.37. The maximum absolute atomic E-state index is 12.4. The average Bonchev–Trinajstić information content (AvgIpc) is 2.73. The topological polar surface area (TPSA) is 52.6 Å². The molecule has 1 heterocycles. The van der Waals surface area contributed by atoms with Crippen LogP contribution in [0.2, 0.25) is 5.02 Å². The van der Waals surface area contributed by atoms with Gasteiger partial charge in [-0.1, -0.05) is 30.7 Å². The lowest BCUT2D eigenvalue weighted by Crippen LogP contribution is -2.46. The van der Waals surface area contributed by atoms with Crippen molar-refractivity contribution in [3.63, 3.8) is 0 Å². The minimum atomic E-state index is -0.151. The van der Waals surface area contributed by atoms with E-state index in [1.807, 2.05) is 24.3 Å². The molecule has 1 aliphatic heterocycles. The summed E-state index contributed by atoms with van der Waals surface area (Å²) in [6.45, 7) is 7.16. The molecular weight excluding hydrogens is 374 g/mol. The van der Waals surface area contributed by atoms with Crippen molar-refractivity contribution in [2.45, 2.75) is 19.8 Å². The number of Topliss-reactive ketones (excluding diaryl/α,β-unsaturated/α-hetero) is 1. The van der Waals surface area contributed by atoms with Gasteiger partial charge in [-0.3, -0.25) is 9.59 Å². The van der Waals surface area contributed by atoms with Crippen molar-refractivity contribution in [1.82, 2.24) is 4.90 Å². The van der Waals surface area contributed by atoms with Gasteiger partial charge in [-0.15, -0.1) is 0 Å². The fraction of sp³-hybridized carbons (Fsp3) is 0.364. The number of piperazine rings is 1. The lowest BCUT2D eigenvalue weighted by molar-refractivity contribution is -0.116. The minimum Gasteiger partial charge on any atom is -0.367 e. The standard InChI is InChI=1S/C22H26ClN3O2/c1-2-25-13-15-26(16-14-25)20-6-4-3-5-19(20)24-22(28)12-11-21(27)17-7-9-18(23)10-8-17/h3-10H,2,11-16H2,1H3,(H,24,28). The first-order valence-corrected chi connectivity index (χ1v) is 10.1. The van der Waals surface area contributed by atoms with E-state index in [9.17, 15) is 9.59 Å². The van der Waals surface area contributed by atoms with Gasteiger partial charge in [0.1, 0.15) is 0 Å². The van der Waals surface area contributed by atoms with Crippen molar-refractivity contribution in [2.75, 3.05) is 42.9 Å². The van der Waals surface area contributed by atoms with Gasteiger partial charge in [0.15, 0.2) is 5.78 Å². The molecule has 28 heavy (non-hydrogen) atoms. The molecule has 1 fully saturated rings. The van der Waals surface area contributed by atoms with Crippen LogP contribution in [0.1, 0.15) is 30.1 Å². The van der Waals surface area contributed by atoms with Crippen LogP contribution in [0.3, 0.4) is 0 Å². The summed E-state index contributed by atoms with van der Waals surface area (Å²) in [5, 5.41) is 3.57. The highest BCUT2D eigenvalue weighted by Crippen LogP contribution is 2.27. The van der Waals surface area contributed by atoms with E-state index in [2.05, 4.69) is 22.0 Å². The smallest absolute Gasteiger partial charge is 0.224 e. The van der Waals surface area contributed by atoms with Gasteiger partial charge in [-0.25, -0.2) is 0 Å². The first kappa shape index (κ1) is 20.4. The van der Waals surface area contributed by atoms with E-state index < -0.39 is 0 Å². The summed E-state index contributed by atoms with van der Waals surface area (Å²) in [5.41, 5.74) is 2.42. The number of para-hydroxylation sites is 2. The third-order valence-electron chi connectivity index (χ3n) is 5.08. The van der Waals surface area contributed by atoms with E-state index in [0.29, 0.717) is 10.6 Å². The monoisotopic (exact) mass is 399 g/mol. The highest BCUT2D eigenvalue weighted by molar-refractivity contribution is 6.30. The zero-order valence-corrected chi connectivity index (χ0v) is 16.9. The molecule has 0 radical (unpaired) electrons. The van der Waals surface area contributed by atoms with E-state index in [1.54, 1.807) is 24.3 Å². The van der Waals surface area contributed by atoms with E-state index in [1.165, 1.54) is 0 Å². The maximum atomic E-state index is 12.4. The second-order valence-electron chi connectivity index (χ2n) is 6.92. The Morgan fingerprint density at radius 1 is 0.964 bits per heavy atom. The van der Waals surface area contributed by atoms with Crippen molar-refractivity contribution >= 4 is 34.7 Å². The maximum Gasteiger partial charge on any atom is 0.224 e. The van der Waals surface area contributed by atoms with Crippen molar-refractivity contribution in [3.8, 4) is 0 Å². The van der Waals surface area contributed by atoms with Crippen LogP contribution in [0.25, 0.3) is 0 Å². The lowest BCUT2D eigenvalue weighted by Gasteiger charge is -2.36. The Kier molecular flexibility index (Phi) is 7.06. The fourth-order valence-corrected chi connectivity index (χ4v) is 3.51. The summed E-state index contributed by atoms with van der Waals surface area (Å²) < 4.78 is 0. The molecule has 6 heteroatoms. The molecule has 0 aromatic heterocycles. The average molecular weight is 400 g/mol. The van der Waals surface area contributed by atoms with Gasteiger partial charge < -0.3 is 15.1 Å². The molecule has 0 unspecified atom stereocenters. The van der Waals surface area contributed by atoms with Gasteiger partial charge in [0.2, 0.25) is 5.91 Å². The molecule has 1 amide bonds. The van der Waals surface area contributed by atoms with E-state index in [4.69, 9.17) is 11.6 Å². The summed E-state index contributed by atoms with van der Waals surface area (Å²) in [7, 11) is 0. The predicted molar refractivity (Wildman–Crippen MR) is 114 cm³/mol. The molecular formula is C22H26ClN3O2. The zero-order valence-electron chi connectivity index (χ0n) is 16.2. The quantitative estimate of drug-likeness (QED) is 0.712. The van der Waals surface area contributed by atoms with Gasteiger partial charge in [0, 0.05) is 49.6 Å². The van der Waals surface area contributed by atoms with Crippen LogP contribution in [0, 0.1) is 0 Å². The molecule has 2 aromatic rings. The number of amides is 1. The third-order valence-corrected chi connectivity index (χ3v) is 5.34. The Bertz CT molecular complexity index is 815. The summed E-state index contributed by atoms with van der Waals surface area (Å²) in [5.74, 6) is -0.210. The van der Waals surface area contributed by atoms with Crippen molar-refractivity contribution < 1.29 is 9.59 Å². The van der Waals surface area contributed by atoms with Gasteiger partial charge >= 0.3 is 0 Å². The number of hydrogen-bond donors (Lipinski definition) is 1. The number of likely N-dealkylation sites (N-methyl/N-ethyl adjacent to an activating group) is 1. The Morgan fingerprint density at radius 2 is 1.64 bits per heavy atom. The number of benzene rings is 2. The number of hydrogen-bond acceptors (Lipinski definition) is 4. The SMILES string of the molecule is CCN1CCN(c2ccccc2NC(=O)CCC(=O)c2ccc(Cl)cc2)CC1. The third kappa shape index (κ3) is 5.33. The second kappa shape index (κ2) is 9.71. The highest BCUT2D eigenvalue weighted by atomic mass is 35.5. The molecule has 0 bridgehead atoms. The lowest BCUT2D eigenvalue weighted by atomic mass is 10.1. The summed E-state index contributed by atoms with van der Waals surface area (Å²) in [4.78, 5) is 29.4. The number of halogens is 1. The largest absolute Gasteiger partial charge is 0.367 e. The van der Waals surface area contributed by atoms with E-state index in [-0.39, 0.29) is 24.5 Å². The number of ketones is 1. The van der Waals surface area contributed by atoms with Crippen LogP contribution in [-0.4, -0.2) is 49.3 Å². The van der Waals surface area contributed by atoms with Crippen LogP contribution in [0.4, 0.5) is 11.4 Å². The number of carbonyl (C=O) groups excluding carboxylic acids is 2. The van der Waals surface area contributed by atoms with Crippen LogP contribution in [-0.2, 0) is 4.79 Å². The number of rotatable bonds is 7. The van der Waals surface area contributed by atoms with E-state index >= 15 is 0 Å². The Balaban J connectivity index is 1.57. The molecule has 0 atom stereocenters. The Labute approximate surface area is 171 Å². The van der Waals surface area contributed by atoms with Crippen LogP contribution in [0.5, 0.6) is 0 Å². The van der Waals surface area contributed by atoms with E-state index in [0.717, 1.165) is 44.1 Å². The molecule has 2 aromatic carbocycles.